The van der Waals surface area contributed by atoms with Crippen molar-refractivity contribution >= 4 is 35.8 Å². The summed E-state index contributed by atoms with van der Waals surface area (Å²) < 4.78 is 48.6. The number of carboxylic acid groups (broad SMARTS) is 2. The number of amides is 4. The Labute approximate surface area is 352 Å². The van der Waals surface area contributed by atoms with Gasteiger partial charge in [0.05, 0.1) is 36.6 Å². The first-order chi connectivity index (χ1) is 25.1. The molecule has 56 heavy (non-hydrogen) atoms. The number of halogens is 3. The molecule has 0 spiro atoms. The Morgan fingerprint density at radius 1 is 0.911 bits per heavy atom. The van der Waals surface area contributed by atoms with E-state index >= 15 is 0 Å². The number of nitrogens with zero attached hydrogens (tertiary/aromatic N) is 3. The Bertz CT molecular complexity index is 1300. The van der Waals surface area contributed by atoms with Crippen molar-refractivity contribution in [3.05, 3.63) is 0 Å². The van der Waals surface area contributed by atoms with Gasteiger partial charge in [0.25, 0.3) is 0 Å². The van der Waals surface area contributed by atoms with E-state index in [-0.39, 0.29) is 71.7 Å². The van der Waals surface area contributed by atoms with Crippen LogP contribution in [0.4, 0.5) is 18.0 Å². The summed E-state index contributed by atoms with van der Waals surface area (Å²) in [6, 6.07) is -2.49. The largest absolute Gasteiger partial charge is 1.00 e. The maximum atomic E-state index is 13.9. The van der Waals surface area contributed by atoms with Gasteiger partial charge in [0.15, 0.2) is 0 Å². The molecule has 4 amide bonds. The van der Waals surface area contributed by atoms with Crippen molar-refractivity contribution in [1.29, 1.82) is 0 Å². The van der Waals surface area contributed by atoms with Gasteiger partial charge in [0.1, 0.15) is 17.6 Å². The van der Waals surface area contributed by atoms with Gasteiger partial charge in [-0.25, -0.2) is 4.79 Å². The summed E-state index contributed by atoms with van der Waals surface area (Å²) in [6.07, 6.45) is -5.00. The van der Waals surface area contributed by atoms with Crippen LogP contribution >= 0.6 is 0 Å². The number of methoxy groups -OCH3 is 2. The molecule has 8 atom stereocenters. The molecule has 1 aliphatic heterocycles. The van der Waals surface area contributed by atoms with Crippen LogP contribution in [0.3, 0.4) is 0 Å². The fraction of sp³-hybridized carbons (Fsp3) is 0.838. The number of carbonyl (C=O) groups is 6. The number of carboxylic acids is 2. The second kappa shape index (κ2) is 24.4. The zero-order valence-electron chi connectivity index (χ0n) is 35.8. The Morgan fingerprint density at radius 2 is 1.39 bits per heavy atom. The Kier molecular flexibility index (Phi) is 24.2. The fourth-order valence-electron chi connectivity index (χ4n) is 6.97. The average Bonchev–Trinajstić information content (AvgIpc) is 3.52. The summed E-state index contributed by atoms with van der Waals surface area (Å²) in [6.45, 7) is 18.7. The van der Waals surface area contributed by atoms with Gasteiger partial charge in [0.2, 0.25) is 17.7 Å². The van der Waals surface area contributed by atoms with Crippen molar-refractivity contribution in [3.8, 4) is 0 Å². The van der Waals surface area contributed by atoms with Gasteiger partial charge < -0.3 is 34.1 Å². The van der Waals surface area contributed by atoms with Gasteiger partial charge in [-0.2, -0.15) is 13.2 Å². The molecule has 15 nitrogen and oxygen atoms in total. The van der Waals surface area contributed by atoms with Crippen LogP contribution < -0.4 is 40.0 Å². The van der Waals surface area contributed by atoms with E-state index in [1.165, 1.54) is 19.1 Å². The smallest absolute Gasteiger partial charge is 0.542 e. The Hall–Kier alpha value is -2.51. The molecule has 0 aromatic heterocycles. The van der Waals surface area contributed by atoms with Gasteiger partial charge in [-0.15, -0.1) is 0 Å². The average molecular weight is 821 g/mol. The van der Waals surface area contributed by atoms with Gasteiger partial charge >= 0.3 is 47.8 Å². The van der Waals surface area contributed by atoms with E-state index in [4.69, 9.17) is 24.1 Å². The van der Waals surface area contributed by atoms with Crippen LogP contribution in [0.25, 0.3) is 0 Å². The third-order valence-corrected chi connectivity index (χ3v) is 9.73. The van der Waals surface area contributed by atoms with Crippen LogP contribution in [0.5, 0.6) is 0 Å². The molecular formula is C37H64F3N4NaO11. The van der Waals surface area contributed by atoms with Crippen LogP contribution in [0, 0.1) is 23.7 Å². The van der Waals surface area contributed by atoms with Gasteiger partial charge in [-0.3, -0.25) is 34.3 Å². The topological polar surface area (TPSA) is 195 Å². The molecule has 1 fully saturated rings. The molecule has 0 unspecified atom stereocenters. The first-order valence-corrected chi connectivity index (χ1v) is 18.5. The number of rotatable bonds is 17. The minimum atomic E-state index is -5.19. The maximum absolute atomic E-state index is 13.9. The molecule has 0 aromatic rings. The number of carbonyl (C=O) groups excluding carboxylic acids is 5. The maximum Gasteiger partial charge on any atom is 1.00 e. The van der Waals surface area contributed by atoms with Crippen molar-refractivity contribution in [2.75, 3.05) is 34.9 Å². The molecule has 320 valence electrons. The van der Waals surface area contributed by atoms with Crippen molar-refractivity contribution in [3.63, 3.8) is 0 Å². The Balaban J connectivity index is 0. The van der Waals surface area contributed by atoms with Crippen molar-refractivity contribution < 1.29 is 95.9 Å². The predicted octanol–water partition coefficient (Wildman–Crippen LogP) is 0.326. The molecule has 2 N–H and O–H groups in total. The van der Waals surface area contributed by atoms with E-state index in [2.05, 4.69) is 5.32 Å². The third-order valence-electron chi connectivity index (χ3n) is 9.73. The van der Waals surface area contributed by atoms with Crippen LogP contribution in [-0.2, 0) is 38.2 Å². The number of imide groups is 1. The molecule has 0 aromatic carbocycles. The SMILES string of the molecule is CC[C@H](C)[C@@H]([C@@H](CC(=O)N1CCC[C@H]1[C@H](OC)[C@@H](C)C(=O)O)OC)N(C)[C@H](C(=O)NC(=O)[C@H](C(C)C)N(C)C(=O)OC(C)(C)C)C(C)C.O=C([O-])C(F)(F)F.[Na+]. The van der Waals surface area contributed by atoms with Crippen molar-refractivity contribution in [1.82, 2.24) is 20.0 Å². The summed E-state index contributed by atoms with van der Waals surface area (Å²) in [5, 5.41) is 21.0. The minimum absolute atomic E-state index is 0. The van der Waals surface area contributed by atoms with E-state index in [9.17, 15) is 42.3 Å². The number of nitrogens with one attached hydrogen (secondary N) is 1. The molecule has 1 aliphatic rings. The number of alkyl halides is 3. The molecule has 1 heterocycles. The molecule has 19 heteroatoms. The Morgan fingerprint density at radius 3 is 1.77 bits per heavy atom. The van der Waals surface area contributed by atoms with E-state index in [1.807, 2.05) is 39.6 Å². The number of hydrogen-bond donors (Lipinski definition) is 2. The number of aliphatic carboxylic acids is 2. The van der Waals surface area contributed by atoms with Gasteiger partial charge in [0, 0.05) is 33.9 Å². The van der Waals surface area contributed by atoms with E-state index < -0.39 is 71.8 Å². The van der Waals surface area contributed by atoms with E-state index in [1.54, 1.807) is 53.6 Å². The second-order valence-electron chi connectivity index (χ2n) is 15.8. The zero-order valence-corrected chi connectivity index (χ0v) is 37.8. The number of hydrogen-bond acceptors (Lipinski definition) is 11. The van der Waals surface area contributed by atoms with Gasteiger partial charge in [-0.1, -0.05) is 48.0 Å². The van der Waals surface area contributed by atoms with Crippen molar-refractivity contribution in [2.24, 2.45) is 23.7 Å². The predicted molar refractivity (Wildman–Crippen MR) is 194 cm³/mol. The fourth-order valence-corrected chi connectivity index (χ4v) is 6.97. The second-order valence-corrected chi connectivity index (χ2v) is 15.8. The summed E-state index contributed by atoms with van der Waals surface area (Å²) >= 11 is 0. The van der Waals surface area contributed by atoms with Crippen LogP contribution in [0.1, 0.15) is 94.9 Å². The number of likely N-dealkylation sites (tertiary alicyclic amines) is 1. The quantitative estimate of drug-likeness (QED) is 0.191. The van der Waals surface area contributed by atoms with Gasteiger partial charge in [-0.05, 0) is 65.3 Å². The van der Waals surface area contributed by atoms with Crippen LogP contribution in [0.15, 0.2) is 0 Å². The van der Waals surface area contributed by atoms with Crippen LogP contribution in [-0.4, -0.2) is 139 Å². The van der Waals surface area contributed by atoms with Crippen LogP contribution in [0.2, 0.25) is 0 Å². The first kappa shape index (κ1) is 55.6. The number of ether oxygens (including phenoxy) is 3. The minimum Gasteiger partial charge on any atom is -0.542 e. The third kappa shape index (κ3) is 16.8. The summed E-state index contributed by atoms with van der Waals surface area (Å²) in [7, 11) is 6.30. The normalized spacial score (nSPS) is 18.4. The monoisotopic (exact) mass is 820 g/mol. The summed E-state index contributed by atoms with van der Waals surface area (Å²) in [4.78, 5) is 79.6. The molecule has 0 bridgehead atoms. The molecule has 0 aliphatic carbocycles. The first-order valence-electron chi connectivity index (χ1n) is 18.5. The molecular weight excluding hydrogens is 756 g/mol. The molecule has 0 saturated carbocycles. The molecule has 1 rings (SSSR count). The number of likely N-dealkylation sites (N-methyl/N-ethyl adjacent to an activating group) is 2. The molecule has 1 saturated heterocycles. The zero-order chi connectivity index (χ0) is 43.3. The molecule has 0 radical (unpaired) electrons. The summed E-state index contributed by atoms with van der Waals surface area (Å²) in [5.41, 5.74) is -0.757. The van der Waals surface area contributed by atoms with E-state index in [0.717, 1.165) is 12.8 Å². The van der Waals surface area contributed by atoms with E-state index in [0.29, 0.717) is 13.0 Å². The standard InChI is InChI=1S/C35H64N4O9.C2HF3O2.Na/c1-15-22(6)29(25(46-13)19-26(40)39-18-16-17-24(39)30(47-14)23(7)33(43)44)37(11)27(20(2)3)31(41)36-32(42)28(21(4)5)38(12)34(45)48-35(8,9)10;3-2(4,5)1(6)7;/h20-25,27-30H,15-19H2,1-14H3,(H,43,44)(H,36,41,42);(H,6,7);/q;;+1/p-1/t22-,23+,24-,25+,27-,28-,29-,30+;;/m0../s1. The summed E-state index contributed by atoms with van der Waals surface area (Å²) in [5.74, 6) is -6.62. The van der Waals surface area contributed by atoms with Crippen molar-refractivity contribution in [2.45, 2.75) is 143 Å².